The summed E-state index contributed by atoms with van der Waals surface area (Å²) in [4.78, 5) is 35.2. The lowest BCUT2D eigenvalue weighted by Crippen LogP contribution is -2.38. The monoisotopic (exact) mass is 311 g/mol. The summed E-state index contributed by atoms with van der Waals surface area (Å²) in [5, 5.41) is 3.36. The number of para-hydroxylation sites is 1. The van der Waals surface area contributed by atoms with E-state index in [0.717, 1.165) is 6.42 Å². The maximum absolute atomic E-state index is 12.4. The Morgan fingerprint density at radius 1 is 1.39 bits per heavy atom. The Kier molecular flexibility index (Phi) is 4.18. The van der Waals surface area contributed by atoms with Crippen LogP contribution in [0.25, 0.3) is 10.9 Å². The molecule has 0 saturated carbocycles. The van der Waals surface area contributed by atoms with Gasteiger partial charge in [-0.05, 0) is 18.6 Å². The SMILES string of the molecule is CCC(Cn1ccnc1)NC(=O)c1nc2ccccc2c(=O)[nH]1. The summed E-state index contributed by atoms with van der Waals surface area (Å²) in [5.41, 5.74) is 0.187. The molecule has 0 radical (unpaired) electrons. The van der Waals surface area contributed by atoms with Crippen molar-refractivity contribution in [1.29, 1.82) is 0 Å². The molecule has 0 bridgehead atoms. The predicted octanol–water partition coefficient (Wildman–Crippen LogP) is 1.33. The van der Waals surface area contributed by atoms with Crippen LogP contribution in [-0.2, 0) is 6.54 Å². The number of benzene rings is 1. The molecule has 1 atom stereocenters. The van der Waals surface area contributed by atoms with Gasteiger partial charge in [-0.25, -0.2) is 9.97 Å². The Hall–Kier alpha value is -2.96. The van der Waals surface area contributed by atoms with Crippen LogP contribution in [0.3, 0.4) is 0 Å². The second-order valence-electron chi connectivity index (χ2n) is 5.27. The number of rotatable bonds is 5. The Morgan fingerprint density at radius 2 is 2.22 bits per heavy atom. The first-order valence-electron chi connectivity index (χ1n) is 7.43. The van der Waals surface area contributed by atoms with Gasteiger partial charge in [0.1, 0.15) is 0 Å². The first-order chi connectivity index (χ1) is 11.2. The molecule has 7 heteroatoms. The molecule has 0 spiro atoms. The number of imidazole rings is 1. The van der Waals surface area contributed by atoms with E-state index in [0.29, 0.717) is 17.4 Å². The first-order valence-corrected chi connectivity index (χ1v) is 7.43. The first kappa shape index (κ1) is 15.0. The van der Waals surface area contributed by atoms with Crippen molar-refractivity contribution >= 4 is 16.8 Å². The molecule has 23 heavy (non-hydrogen) atoms. The number of carbonyl (C=O) groups is 1. The summed E-state index contributed by atoms with van der Waals surface area (Å²) in [6.45, 7) is 2.60. The Labute approximate surface area is 132 Å². The molecular weight excluding hydrogens is 294 g/mol. The van der Waals surface area contributed by atoms with Crippen molar-refractivity contribution in [3.8, 4) is 0 Å². The van der Waals surface area contributed by atoms with E-state index in [4.69, 9.17) is 0 Å². The zero-order valence-electron chi connectivity index (χ0n) is 12.7. The molecule has 2 heterocycles. The molecule has 0 aliphatic carbocycles. The van der Waals surface area contributed by atoms with E-state index in [1.54, 1.807) is 36.8 Å². The number of nitrogens with one attached hydrogen (secondary N) is 2. The maximum atomic E-state index is 12.4. The highest BCUT2D eigenvalue weighted by Gasteiger charge is 2.15. The van der Waals surface area contributed by atoms with Gasteiger partial charge in [-0.1, -0.05) is 19.1 Å². The third kappa shape index (κ3) is 3.28. The van der Waals surface area contributed by atoms with Gasteiger partial charge >= 0.3 is 0 Å². The lowest BCUT2D eigenvalue weighted by molar-refractivity contribution is 0.0921. The molecule has 2 N–H and O–H groups in total. The lowest BCUT2D eigenvalue weighted by atomic mass is 10.2. The van der Waals surface area contributed by atoms with E-state index in [2.05, 4.69) is 20.3 Å². The van der Waals surface area contributed by atoms with E-state index >= 15 is 0 Å². The topological polar surface area (TPSA) is 92.7 Å². The minimum absolute atomic E-state index is 0.0257. The highest BCUT2D eigenvalue weighted by Crippen LogP contribution is 2.06. The van der Waals surface area contributed by atoms with Crippen LogP contribution in [0.2, 0.25) is 0 Å². The molecule has 0 aliphatic heterocycles. The van der Waals surface area contributed by atoms with E-state index < -0.39 is 0 Å². The van der Waals surface area contributed by atoms with Gasteiger partial charge in [-0.3, -0.25) is 9.59 Å². The largest absolute Gasteiger partial charge is 0.345 e. The predicted molar refractivity (Wildman–Crippen MR) is 86.1 cm³/mol. The van der Waals surface area contributed by atoms with Gasteiger partial charge in [-0.15, -0.1) is 0 Å². The molecule has 118 valence electrons. The summed E-state index contributed by atoms with van der Waals surface area (Å²) in [6.07, 6.45) is 5.98. The van der Waals surface area contributed by atoms with Crippen LogP contribution in [0.1, 0.15) is 24.0 Å². The highest BCUT2D eigenvalue weighted by molar-refractivity contribution is 5.92. The van der Waals surface area contributed by atoms with Gasteiger partial charge in [0.05, 0.1) is 17.2 Å². The molecule has 1 aromatic carbocycles. The molecule has 0 fully saturated rings. The van der Waals surface area contributed by atoms with Gasteiger partial charge in [0.25, 0.3) is 11.5 Å². The molecule has 0 saturated heterocycles. The van der Waals surface area contributed by atoms with Gasteiger partial charge in [0.2, 0.25) is 0 Å². The summed E-state index contributed by atoms with van der Waals surface area (Å²) in [7, 11) is 0. The van der Waals surface area contributed by atoms with Gasteiger partial charge in [0.15, 0.2) is 5.82 Å². The molecule has 7 nitrogen and oxygen atoms in total. The number of H-pyrrole nitrogens is 1. The van der Waals surface area contributed by atoms with Crippen molar-refractivity contribution in [3.63, 3.8) is 0 Å². The zero-order valence-corrected chi connectivity index (χ0v) is 12.7. The molecule has 0 aliphatic rings. The number of amides is 1. The average molecular weight is 311 g/mol. The van der Waals surface area contributed by atoms with E-state index in [1.807, 2.05) is 17.7 Å². The second-order valence-corrected chi connectivity index (χ2v) is 5.27. The van der Waals surface area contributed by atoms with Crippen molar-refractivity contribution in [3.05, 3.63) is 59.2 Å². The van der Waals surface area contributed by atoms with Gasteiger partial charge in [0, 0.05) is 25.0 Å². The van der Waals surface area contributed by atoms with E-state index in [9.17, 15) is 9.59 Å². The molecule has 1 unspecified atom stereocenters. The number of hydrogen-bond acceptors (Lipinski definition) is 4. The Bertz CT molecular complexity index is 870. The fraction of sp³-hybridized carbons (Fsp3) is 0.250. The van der Waals surface area contributed by atoms with Gasteiger partial charge in [-0.2, -0.15) is 0 Å². The number of carbonyl (C=O) groups excluding carboxylic acids is 1. The van der Waals surface area contributed by atoms with Gasteiger partial charge < -0.3 is 14.9 Å². The Balaban J connectivity index is 1.81. The number of hydrogen-bond donors (Lipinski definition) is 2. The lowest BCUT2D eigenvalue weighted by Gasteiger charge is -2.17. The average Bonchev–Trinajstić information content (AvgIpc) is 3.07. The summed E-state index contributed by atoms with van der Waals surface area (Å²) in [5.74, 6) is -0.363. The standard InChI is InChI=1S/C16H17N5O2/c1-2-11(9-21-8-7-17-10-21)18-16(23)14-19-13-6-4-3-5-12(13)15(22)20-14/h3-8,10-11H,2,9H2,1H3,(H,18,23)(H,19,20,22). The number of nitrogens with zero attached hydrogens (tertiary/aromatic N) is 3. The highest BCUT2D eigenvalue weighted by atomic mass is 16.2. The third-order valence-corrected chi connectivity index (χ3v) is 3.65. The summed E-state index contributed by atoms with van der Waals surface area (Å²) < 4.78 is 1.89. The quantitative estimate of drug-likeness (QED) is 0.743. The second kappa shape index (κ2) is 6.43. The molecule has 3 rings (SSSR count). The fourth-order valence-corrected chi connectivity index (χ4v) is 2.37. The van der Waals surface area contributed by atoms with Crippen molar-refractivity contribution in [2.45, 2.75) is 25.9 Å². The number of fused-ring (bicyclic) bond motifs is 1. The van der Waals surface area contributed by atoms with E-state index in [-0.39, 0.29) is 23.3 Å². The summed E-state index contributed by atoms with van der Waals surface area (Å²) in [6, 6.07) is 6.86. The van der Waals surface area contributed by atoms with Crippen molar-refractivity contribution < 1.29 is 4.79 Å². The smallest absolute Gasteiger partial charge is 0.287 e. The van der Waals surface area contributed by atoms with Crippen molar-refractivity contribution in [2.75, 3.05) is 0 Å². The maximum Gasteiger partial charge on any atom is 0.287 e. The molecule has 1 amide bonds. The van der Waals surface area contributed by atoms with Crippen molar-refractivity contribution in [2.24, 2.45) is 0 Å². The fourth-order valence-electron chi connectivity index (χ4n) is 2.37. The van der Waals surface area contributed by atoms with Crippen LogP contribution >= 0.6 is 0 Å². The number of aromatic amines is 1. The Morgan fingerprint density at radius 3 is 2.96 bits per heavy atom. The third-order valence-electron chi connectivity index (χ3n) is 3.65. The molecular formula is C16H17N5O2. The molecule has 3 aromatic rings. The van der Waals surface area contributed by atoms with Crippen LogP contribution in [0, 0.1) is 0 Å². The van der Waals surface area contributed by atoms with Crippen LogP contribution in [0.5, 0.6) is 0 Å². The zero-order chi connectivity index (χ0) is 16.2. The van der Waals surface area contributed by atoms with Crippen LogP contribution < -0.4 is 10.9 Å². The van der Waals surface area contributed by atoms with E-state index in [1.165, 1.54) is 0 Å². The molecule has 2 aromatic heterocycles. The normalized spacial score (nSPS) is 12.2. The minimum Gasteiger partial charge on any atom is -0.345 e. The van der Waals surface area contributed by atoms with Crippen LogP contribution in [0.4, 0.5) is 0 Å². The number of aromatic nitrogens is 4. The van der Waals surface area contributed by atoms with Crippen LogP contribution in [0.15, 0.2) is 47.8 Å². The van der Waals surface area contributed by atoms with Crippen LogP contribution in [-0.4, -0.2) is 31.5 Å². The van der Waals surface area contributed by atoms with Crippen molar-refractivity contribution in [1.82, 2.24) is 24.8 Å². The minimum atomic E-state index is -0.389. The summed E-state index contributed by atoms with van der Waals surface area (Å²) >= 11 is 0.